The van der Waals surface area contributed by atoms with Crippen molar-refractivity contribution in [1.29, 1.82) is 5.26 Å². The monoisotopic (exact) mass is 239 g/mol. The predicted octanol–water partition coefficient (Wildman–Crippen LogP) is 2.61. The number of hydrogen-bond donors (Lipinski definition) is 2. The van der Waals surface area contributed by atoms with E-state index >= 15 is 0 Å². The van der Waals surface area contributed by atoms with Crippen LogP contribution >= 0.6 is 25.3 Å². The number of nitrogens with zero attached hydrogens (tertiary/aromatic N) is 1. The van der Waals surface area contributed by atoms with E-state index in [9.17, 15) is 4.79 Å². The van der Waals surface area contributed by atoms with Crippen LogP contribution in [-0.2, 0) is 0 Å². The van der Waals surface area contributed by atoms with Gasteiger partial charge >= 0.3 is 0 Å². The van der Waals surface area contributed by atoms with Crippen LogP contribution in [-0.4, -0.2) is 17.8 Å². The van der Waals surface area contributed by atoms with Crippen LogP contribution in [0.15, 0.2) is 24.3 Å². The summed E-state index contributed by atoms with van der Waals surface area (Å²) < 4.78 is 0. The number of carbonyl (C=O) groups excluding carboxylic acids is 1. The van der Waals surface area contributed by atoms with Gasteiger partial charge in [-0.15, -0.1) is 0 Å². The van der Waals surface area contributed by atoms with Crippen molar-refractivity contribution in [3.8, 4) is 6.07 Å². The Labute approximate surface area is 101 Å². The highest BCUT2D eigenvalue weighted by molar-refractivity contribution is 7.81. The Balaban J connectivity index is 0.000000336. The highest BCUT2D eigenvalue weighted by Gasteiger charge is 1.88. The van der Waals surface area contributed by atoms with Gasteiger partial charge in [-0.25, -0.2) is 0 Å². The molecule has 0 atom stereocenters. The maximum Gasteiger partial charge on any atom is 0.150 e. The molecule has 1 aromatic carbocycles. The first-order chi connectivity index (χ1) is 7.28. The average molecular weight is 239 g/mol. The molecule has 0 unspecified atom stereocenters. The fraction of sp³-hybridized carbons (Fsp3) is 0.273. The molecule has 0 amide bonds. The molecule has 0 aliphatic rings. The summed E-state index contributed by atoms with van der Waals surface area (Å²) in [5.74, 6) is 1.92. The first-order valence-corrected chi connectivity index (χ1v) is 5.72. The van der Waals surface area contributed by atoms with E-state index in [1.165, 1.54) is 0 Å². The van der Waals surface area contributed by atoms with E-state index in [4.69, 9.17) is 5.26 Å². The number of rotatable bonds is 3. The summed E-state index contributed by atoms with van der Waals surface area (Å²) in [6, 6.07) is 8.43. The summed E-state index contributed by atoms with van der Waals surface area (Å²) in [6.45, 7) is 0. The van der Waals surface area contributed by atoms with Gasteiger partial charge in [0.15, 0.2) is 0 Å². The van der Waals surface area contributed by atoms with Crippen LogP contribution in [0.5, 0.6) is 0 Å². The van der Waals surface area contributed by atoms with Gasteiger partial charge in [0.1, 0.15) is 6.29 Å². The highest BCUT2D eigenvalue weighted by atomic mass is 32.1. The molecule has 0 saturated carbocycles. The minimum absolute atomic E-state index is 0.575. The zero-order valence-electron chi connectivity index (χ0n) is 8.26. The Morgan fingerprint density at radius 2 is 1.73 bits per heavy atom. The van der Waals surface area contributed by atoms with Crippen LogP contribution in [0.3, 0.4) is 0 Å². The molecule has 1 rings (SSSR count). The van der Waals surface area contributed by atoms with E-state index in [0.717, 1.165) is 24.2 Å². The Kier molecular flexibility index (Phi) is 9.04. The lowest BCUT2D eigenvalue weighted by Crippen LogP contribution is -1.78. The van der Waals surface area contributed by atoms with Crippen molar-refractivity contribution >= 4 is 31.5 Å². The fourth-order valence-corrected chi connectivity index (χ4v) is 1.27. The molecule has 4 heteroatoms. The SMILES string of the molecule is N#Cc1ccc(C=O)cc1.SCCCS. The Bertz CT molecular complexity index is 314. The Morgan fingerprint density at radius 3 is 2.00 bits per heavy atom. The zero-order valence-corrected chi connectivity index (χ0v) is 10.0. The number of carbonyl (C=O) groups is 1. The Hall–Kier alpha value is -0.920. The van der Waals surface area contributed by atoms with Gasteiger partial charge in [0.05, 0.1) is 11.6 Å². The molecule has 0 spiro atoms. The standard InChI is InChI=1S/C8H5NO.C3H8S2/c9-5-7-1-3-8(6-10)4-2-7;4-2-1-3-5/h1-4,6H;4-5H,1-3H2. The average Bonchev–Trinajstić information content (AvgIpc) is 2.31. The molecule has 0 N–H and O–H groups in total. The largest absolute Gasteiger partial charge is 0.298 e. The van der Waals surface area contributed by atoms with Crippen molar-refractivity contribution in [2.75, 3.05) is 11.5 Å². The van der Waals surface area contributed by atoms with Crippen molar-refractivity contribution < 1.29 is 4.79 Å². The van der Waals surface area contributed by atoms with Gasteiger partial charge in [0.25, 0.3) is 0 Å². The van der Waals surface area contributed by atoms with Crippen LogP contribution in [0.2, 0.25) is 0 Å². The van der Waals surface area contributed by atoms with E-state index in [-0.39, 0.29) is 0 Å². The third-order valence-electron chi connectivity index (χ3n) is 1.49. The molecule has 80 valence electrons. The van der Waals surface area contributed by atoms with Crippen LogP contribution in [0.4, 0.5) is 0 Å². The molecule has 0 bridgehead atoms. The van der Waals surface area contributed by atoms with Crippen LogP contribution in [0.25, 0.3) is 0 Å². The minimum atomic E-state index is 0.575. The predicted molar refractivity (Wildman–Crippen MR) is 68.9 cm³/mol. The molecule has 0 saturated heterocycles. The van der Waals surface area contributed by atoms with E-state index in [1.807, 2.05) is 6.07 Å². The van der Waals surface area contributed by atoms with E-state index < -0.39 is 0 Å². The molecular formula is C11H13NOS2. The lowest BCUT2D eigenvalue weighted by atomic mass is 10.2. The number of aldehydes is 1. The fourth-order valence-electron chi connectivity index (χ4n) is 0.707. The quantitative estimate of drug-likeness (QED) is 0.629. The van der Waals surface area contributed by atoms with Gasteiger partial charge < -0.3 is 0 Å². The van der Waals surface area contributed by atoms with E-state index in [1.54, 1.807) is 24.3 Å². The van der Waals surface area contributed by atoms with Gasteiger partial charge in [0, 0.05) is 5.56 Å². The Morgan fingerprint density at radius 1 is 1.20 bits per heavy atom. The highest BCUT2D eigenvalue weighted by Crippen LogP contribution is 1.99. The molecule has 0 aliphatic heterocycles. The second-order valence-electron chi connectivity index (χ2n) is 2.65. The summed E-state index contributed by atoms with van der Waals surface area (Å²) in [7, 11) is 0. The zero-order chi connectivity index (χ0) is 11.5. The van der Waals surface area contributed by atoms with Crippen molar-refractivity contribution in [2.45, 2.75) is 6.42 Å². The van der Waals surface area contributed by atoms with Gasteiger partial charge in [0.2, 0.25) is 0 Å². The summed E-state index contributed by atoms with van der Waals surface area (Å²) in [6.07, 6.45) is 1.87. The summed E-state index contributed by atoms with van der Waals surface area (Å²) >= 11 is 7.90. The van der Waals surface area contributed by atoms with Crippen molar-refractivity contribution in [2.24, 2.45) is 0 Å². The third kappa shape index (κ3) is 7.06. The van der Waals surface area contributed by atoms with Crippen LogP contribution in [0.1, 0.15) is 22.3 Å². The normalized spacial score (nSPS) is 8.33. The maximum absolute atomic E-state index is 10.1. The van der Waals surface area contributed by atoms with Crippen LogP contribution < -0.4 is 0 Å². The molecule has 0 aromatic heterocycles. The topological polar surface area (TPSA) is 40.9 Å². The summed E-state index contributed by atoms with van der Waals surface area (Å²) in [5.41, 5.74) is 1.17. The summed E-state index contributed by atoms with van der Waals surface area (Å²) in [5, 5.41) is 8.36. The van der Waals surface area contributed by atoms with Crippen molar-refractivity contribution in [3.63, 3.8) is 0 Å². The first-order valence-electron chi connectivity index (χ1n) is 4.45. The number of benzene rings is 1. The molecule has 2 nitrogen and oxygen atoms in total. The van der Waals surface area contributed by atoms with Crippen molar-refractivity contribution in [3.05, 3.63) is 35.4 Å². The molecule has 0 radical (unpaired) electrons. The van der Waals surface area contributed by atoms with Gasteiger partial charge in [-0.1, -0.05) is 12.1 Å². The van der Waals surface area contributed by atoms with E-state index in [2.05, 4.69) is 25.3 Å². The maximum atomic E-state index is 10.1. The van der Waals surface area contributed by atoms with Gasteiger partial charge in [-0.05, 0) is 30.1 Å². The molecule has 1 aromatic rings. The lowest BCUT2D eigenvalue weighted by Gasteiger charge is -1.87. The van der Waals surface area contributed by atoms with E-state index in [0.29, 0.717) is 11.1 Å². The van der Waals surface area contributed by atoms with Gasteiger partial charge in [-0.3, -0.25) is 4.79 Å². The second kappa shape index (κ2) is 9.63. The van der Waals surface area contributed by atoms with Crippen molar-refractivity contribution in [1.82, 2.24) is 0 Å². The number of nitriles is 1. The molecule has 0 heterocycles. The smallest absolute Gasteiger partial charge is 0.150 e. The second-order valence-corrected chi connectivity index (χ2v) is 3.55. The number of thiol groups is 2. The van der Waals surface area contributed by atoms with Gasteiger partial charge in [-0.2, -0.15) is 30.5 Å². The molecule has 15 heavy (non-hydrogen) atoms. The molecule has 0 fully saturated rings. The minimum Gasteiger partial charge on any atom is -0.298 e. The van der Waals surface area contributed by atoms with Crippen LogP contribution in [0, 0.1) is 11.3 Å². The number of hydrogen-bond acceptors (Lipinski definition) is 4. The molecular weight excluding hydrogens is 226 g/mol. The molecule has 0 aliphatic carbocycles. The third-order valence-corrected chi connectivity index (χ3v) is 2.12. The first kappa shape index (κ1) is 14.1. The lowest BCUT2D eigenvalue weighted by molar-refractivity contribution is 0.112. The summed E-state index contributed by atoms with van der Waals surface area (Å²) in [4.78, 5) is 10.1.